The van der Waals surface area contributed by atoms with Gasteiger partial charge in [0, 0.05) is 4.47 Å². The molecule has 0 N–H and O–H groups in total. The van der Waals surface area contributed by atoms with Crippen molar-refractivity contribution in [1.29, 1.82) is 0 Å². The summed E-state index contributed by atoms with van der Waals surface area (Å²) in [6, 6.07) is 10.6. The molecule has 2 aliphatic heterocycles. The fourth-order valence-corrected chi connectivity index (χ4v) is 3.67. The zero-order chi connectivity index (χ0) is 16.4. The number of ether oxygens (including phenoxy) is 2. The minimum atomic E-state index is -1.70. The number of hydrogen-bond donors (Lipinski definition) is 0. The van der Waals surface area contributed by atoms with Crippen molar-refractivity contribution in [3.63, 3.8) is 0 Å². The lowest BCUT2D eigenvalue weighted by molar-refractivity contribution is -0.0982. The van der Waals surface area contributed by atoms with Gasteiger partial charge in [0.05, 0.1) is 16.7 Å². The van der Waals surface area contributed by atoms with Crippen LogP contribution in [0.4, 0.5) is 0 Å². The molecule has 0 fully saturated rings. The summed E-state index contributed by atoms with van der Waals surface area (Å²) in [6.45, 7) is 4.13. The third-order valence-electron chi connectivity index (χ3n) is 4.27. The van der Waals surface area contributed by atoms with Crippen LogP contribution in [-0.4, -0.2) is 11.8 Å². The summed E-state index contributed by atoms with van der Waals surface area (Å²) in [4.78, 5) is 25.1. The lowest BCUT2D eigenvalue weighted by Crippen LogP contribution is -2.37. The van der Waals surface area contributed by atoms with Gasteiger partial charge >= 0.3 is 11.8 Å². The second-order valence-electron chi connectivity index (χ2n) is 6.01. The van der Waals surface area contributed by atoms with Crippen molar-refractivity contribution in [2.45, 2.75) is 25.6 Å². The predicted octanol–water partition coefficient (Wildman–Crippen LogP) is 4.17. The third kappa shape index (κ3) is 1.83. The zero-order valence-electron chi connectivity index (χ0n) is 12.6. The average Bonchev–Trinajstić information content (AvgIpc) is 2.95. The van der Waals surface area contributed by atoms with Gasteiger partial charge in [-0.1, -0.05) is 41.9 Å². The van der Waals surface area contributed by atoms with Crippen LogP contribution in [0.5, 0.6) is 5.75 Å². The van der Waals surface area contributed by atoms with Gasteiger partial charge in [0.25, 0.3) is 5.78 Å². The van der Waals surface area contributed by atoms with Gasteiger partial charge in [0.2, 0.25) is 0 Å². The summed E-state index contributed by atoms with van der Waals surface area (Å²) < 4.78 is 11.9. The van der Waals surface area contributed by atoms with E-state index in [2.05, 4.69) is 29.8 Å². The number of ketones is 1. The molecule has 0 saturated heterocycles. The number of carbonyl (C=O) groups is 2. The summed E-state index contributed by atoms with van der Waals surface area (Å²) in [7, 11) is 0. The zero-order valence-corrected chi connectivity index (χ0v) is 14.1. The summed E-state index contributed by atoms with van der Waals surface area (Å²) in [5, 5.41) is 0. The normalized spacial score (nSPS) is 21.4. The predicted molar refractivity (Wildman–Crippen MR) is 86.7 cm³/mol. The molecule has 1 spiro atoms. The first-order chi connectivity index (χ1) is 10.9. The minimum absolute atomic E-state index is 0.306. The van der Waals surface area contributed by atoms with Gasteiger partial charge in [0.1, 0.15) is 5.75 Å². The molecule has 116 valence electrons. The van der Waals surface area contributed by atoms with Crippen LogP contribution in [0.1, 0.15) is 51.6 Å². The third-order valence-corrected chi connectivity index (χ3v) is 4.93. The lowest BCUT2D eigenvalue weighted by atomic mass is 9.95. The molecule has 2 heterocycles. The SMILES string of the molecule is CC(C)c1ccc2c(c1)OC1(OC(=O)c3cccc(Br)c31)C2=O. The van der Waals surface area contributed by atoms with E-state index in [1.807, 2.05) is 12.1 Å². The van der Waals surface area contributed by atoms with E-state index in [4.69, 9.17) is 9.47 Å². The van der Waals surface area contributed by atoms with E-state index in [9.17, 15) is 9.59 Å². The topological polar surface area (TPSA) is 52.6 Å². The average molecular weight is 373 g/mol. The summed E-state index contributed by atoms with van der Waals surface area (Å²) in [6.07, 6.45) is 0. The smallest absolute Gasteiger partial charge is 0.348 e. The molecule has 1 unspecified atom stereocenters. The van der Waals surface area contributed by atoms with Crippen LogP contribution in [0.3, 0.4) is 0 Å². The van der Waals surface area contributed by atoms with Crippen LogP contribution in [0.15, 0.2) is 40.9 Å². The number of hydrogen-bond acceptors (Lipinski definition) is 4. The second kappa shape index (κ2) is 4.68. The molecule has 0 saturated carbocycles. The van der Waals surface area contributed by atoms with Gasteiger partial charge in [-0.2, -0.15) is 0 Å². The van der Waals surface area contributed by atoms with Crippen molar-refractivity contribution in [3.05, 3.63) is 63.1 Å². The highest BCUT2D eigenvalue weighted by molar-refractivity contribution is 9.10. The highest BCUT2D eigenvalue weighted by atomic mass is 79.9. The van der Waals surface area contributed by atoms with Crippen molar-refractivity contribution in [2.75, 3.05) is 0 Å². The van der Waals surface area contributed by atoms with Crippen molar-refractivity contribution < 1.29 is 19.1 Å². The molecular formula is C18H13BrO4. The Kier molecular flexibility index (Phi) is 2.94. The van der Waals surface area contributed by atoms with Crippen LogP contribution >= 0.6 is 15.9 Å². The van der Waals surface area contributed by atoms with Crippen molar-refractivity contribution in [3.8, 4) is 5.75 Å². The molecule has 2 aromatic carbocycles. The van der Waals surface area contributed by atoms with Crippen LogP contribution in [0.2, 0.25) is 0 Å². The lowest BCUT2D eigenvalue weighted by Gasteiger charge is -2.21. The van der Waals surface area contributed by atoms with Gasteiger partial charge in [-0.05, 0) is 35.7 Å². The molecule has 0 aromatic heterocycles. The maximum absolute atomic E-state index is 12.9. The molecule has 0 aliphatic carbocycles. The number of esters is 1. The number of halogens is 1. The van der Waals surface area contributed by atoms with E-state index in [0.29, 0.717) is 32.8 Å². The largest absolute Gasteiger partial charge is 0.441 e. The first kappa shape index (κ1) is 14.5. The monoisotopic (exact) mass is 372 g/mol. The number of benzene rings is 2. The number of Topliss-reactive ketones (excluding diaryl/α,β-unsaturated/α-hetero) is 1. The Hall–Kier alpha value is -2.14. The van der Waals surface area contributed by atoms with E-state index in [-0.39, 0.29) is 5.78 Å². The number of rotatable bonds is 1. The number of carbonyl (C=O) groups excluding carboxylic acids is 2. The fourth-order valence-electron chi connectivity index (χ4n) is 3.05. The van der Waals surface area contributed by atoms with Crippen LogP contribution in [0, 0.1) is 0 Å². The molecule has 0 bridgehead atoms. The van der Waals surface area contributed by atoms with Gasteiger partial charge < -0.3 is 9.47 Å². The first-order valence-corrected chi connectivity index (χ1v) is 8.13. The molecule has 2 aromatic rings. The Balaban J connectivity index is 1.91. The summed E-state index contributed by atoms with van der Waals surface area (Å²) in [5.74, 6) is -1.84. The Bertz CT molecular complexity index is 871. The minimum Gasteiger partial charge on any atom is -0.441 e. The molecule has 2 aliphatic rings. The molecule has 1 atom stereocenters. The first-order valence-electron chi connectivity index (χ1n) is 7.34. The Morgan fingerprint density at radius 3 is 2.57 bits per heavy atom. The van der Waals surface area contributed by atoms with E-state index in [1.54, 1.807) is 24.3 Å². The van der Waals surface area contributed by atoms with Crippen LogP contribution in [-0.2, 0) is 10.5 Å². The van der Waals surface area contributed by atoms with Gasteiger partial charge in [-0.3, -0.25) is 4.79 Å². The standard InChI is InChI=1S/C18H13BrO4/c1-9(2)10-6-7-11-14(8-10)22-18(16(11)20)15-12(17(21)23-18)4-3-5-13(15)19/h3-9H,1-2H3. The number of fused-ring (bicyclic) bond motifs is 3. The van der Waals surface area contributed by atoms with Gasteiger partial charge in [0.15, 0.2) is 0 Å². The van der Waals surface area contributed by atoms with E-state index in [0.717, 1.165) is 5.56 Å². The Labute approximate surface area is 141 Å². The van der Waals surface area contributed by atoms with Crippen molar-refractivity contribution in [2.24, 2.45) is 0 Å². The molecule has 4 rings (SSSR count). The molecule has 4 nitrogen and oxygen atoms in total. The van der Waals surface area contributed by atoms with Crippen LogP contribution < -0.4 is 4.74 Å². The van der Waals surface area contributed by atoms with Gasteiger partial charge in [-0.15, -0.1) is 0 Å². The Morgan fingerprint density at radius 2 is 1.83 bits per heavy atom. The highest BCUT2D eigenvalue weighted by Gasteiger charge is 2.60. The van der Waals surface area contributed by atoms with E-state index < -0.39 is 11.8 Å². The molecule has 23 heavy (non-hydrogen) atoms. The second-order valence-corrected chi connectivity index (χ2v) is 6.86. The van der Waals surface area contributed by atoms with Gasteiger partial charge in [-0.25, -0.2) is 4.79 Å². The molecule has 5 heteroatoms. The van der Waals surface area contributed by atoms with E-state index in [1.165, 1.54) is 0 Å². The van der Waals surface area contributed by atoms with Crippen LogP contribution in [0.25, 0.3) is 0 Å². The summed E-state index contributed by atoms with van der Waals surface area (Å²) >= 11 is 3.41. The fraction of sp³-hybridized carbons (Fsp3) is 0.222. The van der Waals surface area contributed by atoms with Crippen molar-refractivity contribution >= 4 is 27.7 Å². The quantitative estimate of drug-likeness (QED) is 0.704. The Morgan fingerprint density at radius 1 is 1.04 bits per heavy atom. The maximum atomic E-state index is 12.9. The molecular weight excluding hydrogens is 360 g/mol. The van der Waals surface area contributed by atoms with E-state index >= 15 is 0 Å². The molecule has 0 amide bonds. The highest BCUT2D eigenvalue weighted by Crippen LogP contribution is 2.49. The maximum Gasteiger partial charge on any atom is 0.348 e. The van der Waals surface area contributed by atoms with Crippen molar-refractivity contribution in [1.82, 2.24) is 0 Å². The summed E-state index contributed by atoms with van der Waals surface area (Å²) in [5.41, 5.74) is 2.29. The molecule has 0 radical (unpaired) electrons.